The van der Waals surface area contributed by atoms with Gasteiger partial charge in [0.2, 0.25) is 5.91 Å². The molecule has 0 bridgehead atoms. The Labute approximate surface area is 115 Å². The Morgan fingerprint density at radius 2 is 2.32 bits per heavy atom. The lowest BCUT2D eigenvalue weighted by Crippen LogP contribution is -2.14. The summed E-state index contributed by atoms with van der Waals surface area (Å²) in [6.07, 6.45) is 3.52. The van der Waals surface area contributed by atoms with Gasteiger partial charge in [0.05, 0.1) is 12.1 Å². The van der Waals surface area contributed by atoms with Gasteiger partial charge in [-0.3, -0.25) is 4.79 Å². The minimum absolute atomic E-state index is 0.0991. The molecule has 1 aliphatic carbocycles. The van der Waals surface area contributed by atoms with Gasteiger partial charge in [0.1, 0.15) is 5.75 Å². The first-order chi connectivity index (χ1) is 9.20. The number of anilines is 1. The van der Waals surface area contributed by atoms with Crippen LogP contribution in [0.2, 0.25) is 0 Å². The Morgan fingerprint density at radius 1 is 1.42 bits per heavy atom. The van der Waals surface area contributed by atoms with E-state index >= 15 is 0 Å². The normalized spacial score (nSPS) is 13.3. The van der Waals surface area contributed by atoms with Crippen LogP contribution < -0.4 is 5.32 Å². The van der Waals surface area contributed by atoms with Crippen molar-refractivity contribution in [2.75, 3.05) is 5.32 Å². The van der Waals surface area contributed by atoms with Gasteiger partial charge in [-0.15, -0.1) is 11.3 Å². The number of hydrogen-bond donors (Lipinski definition) is 2. The summed E-state index contributed by atoms with van der Waals surface area (Å²) in [5.41, 5.74) is 1.93. The average molecular weight is 274 g/mol. The van der Waals surface area contributed by atoms with Crippen LogP contribution in [0, 0.1) is 0 Å². The van der Waals surface area contributed by atoms with E-state index in [0.29, 0.717) is 5.13 Å². The van der Waals surface area contributed by atoms with E-state index in [1.165, 1.54) is 11.3 Å². The number of nitrogens with one attached hydrogen (secondary N) is 1. The summed E-state index contributed by atoms with van der Waals surface area (Å²) in [6, 6.07) is 6.74. The lowest BCUT2D eigenvalue weighted by atomic mass is 10.1. The van der Waals surface area contributed by atoms with E-state index in [1.807, 2.05) is 6.07 Å². The minimum atomic E-state index is -0.0991. The van der Waals surface area contributed by atoms with Crippen molar-refractivity contribution >= 4 is 22.4 Å². The second-order valence-electron chi connectivity index (χ2n) is 4.64. The molecule has 0 radical (unpaired) electrons. The second-order valence-corrected chi connectivity index (χ2v) is 5.72. The van der Waals surface area contributed by atoms with E-state index in [2.05, 4.69) is 10.3 Å². The number of benzene rings is 1. The molecule has 0 aliphatic heterocycles. The fourth-order valence-electron chi connectivity index (χ4n) is 2.26. The first kappa shape index (κ1) is 12.2. The highest BCUT2D eigenvalue weighted by molar-refractivity contribution is 7.15. The zero-order chi connectivity index (χ0) is 13.2. The highest BCUT2D eigenvalue weighted by atomic mass is 32.1. The number of aromatic hydroxyl groups is 1. The van der Waals surface area contributed by atoms with Crippen LogP contribution in [0.25, 0.3) is 0 Å². The minimum Gasteiger partial charge on any atom is -0.508 e. The molecule has 5 heteroatoms. The maximum atomic E-state index is 11.9. The van der Waals surface area contributed by atoms with Gasteiger partial charge in [-0.25, -0.2) is 4.98 Å². The Morgan fingerprint density at radius 3 is 3.11 bits per heavy atom. The van der Waals surface area contributed by atoms with Crippen molar-refractivity contribution in [3.63, 3.8) is 0 Å². The van der Waals surface area contributed by atoms with Crippen LogP contribution in [0.15, 0.2) is 24.3 Å². The fourth-order valence-corrected chi connectivity index (χ4v) is 3.33. The molecule has 1 aliphatic rings. The number of phenolic OH excluding ortho intramolecular Hbond substituents is 1. The van der Waals surface area contributed by atoms with Gasteiger partial charge in [0.15, 0.2) is 5.13 Å². The van der Waals surface area contributed by atoms with E-state index in [1.54, 1.807) is 29.5 Å². The maximum absolute atomic E-state index is 11.9. The van der Waals surface area contributed by atoms with Crippen LogP contribution in [0.3, 0.4) is 0 Å². The Balaban J connectivity index is 1.64. The van der Waals surface area contributed by atoms with Gasteiger partial charge in [0.25, 0.3) is 0 Å². The lowest BCUT2D eigenvalue weighted by Gasteiger charge is -2.02. The lowest BCUT2D eigenvalue weighted by molar-refractivity contribution is -0.115. The van der Waals surface area contributed by atoms with Crippen LogP contribution in [-0.2, 0) is 24.1 Å². The van der Waals surface area contributed by atoms with Crippen LogP contribution in [0.5, 0.6) is 5.75 Å². The predicted octanol–water partition coefficient (Wildman–Crippen LogP) is 2.52. The SMILES string of the molecule is O=C(Cc1cccc(O)c1)Nc1nc2c(s1)CCC2. The number of amides is 1. The molecule has 0 spiro atoms. The van der Waals surface area contributed by atoms with Crippen molar-refractivity contribution in [1.29, 1.82) is 0 Å². The molecule has 0 fully saturated rings. The van der Waals surface area contributed by atoms with Crippen molar-refractivity contribution in [3.05, 3.63) is 40.4 Å². The maximum Gasteiger partial charge on any atom is 0.230 e. The van der Waals surface area contributed by atoms with Gasteiger partial charge >= 0.3 is 0 Å². The van der Waals surface area contributed by atoms with Crippen molar-refractivity contribution in [3.8, 4) is 5.75 Å². The summed E-state index contributed by atoms with van der Waals surface area (Å²) < 4.78 is 0. The average Bonchev–Trinajstić information content (AvgIpc) is 2.89. The summed E-state index contributed by atoms with van der Waals surface area (Å²) in [5.74, 6) is 0.0801. The smallest absolute Gasteiger partial charge is 0.230 e. The van der Waals surface area contributed by atoms with Crippen LogP contribution in [0.4, 0.5) is 5.13 Å². The molecule has 4 nitrogen and oxygen atoms in total. The Hall–Kier alpha value is -1.88. The number of nitrogens with zero attached hydrogens (tertiary/aromatic N) is 1. The number of fused-ring (bicyclic) bond motifs is 1. The largest absolute Gasteiger partial charge is 0.508 e. The number of thiazole rings is 1. The van der Waals surface area contributed by atoms with E-state index in [-0.39, 0.29) is 18.1 Å². The quantitative estimate of drug-likeness (QED) is 0.904. The second kappa shape index (κ2) is 5.01. The zero-order valence-corrected chi connectivity index (χ0v) is 11.2. The number of hydrogen-bond acceptors (Lipinski definition) is 4. The number of carbonyl (C=O) groups excluding carboxylic acids is 1. The van der Waals surface area contributed by atoms with Gasteiger partial charge in [0, 0.05) is 4.88 Å². The van der Waals surface area contributed by atoms with Crippen molar-refractivity contribution in [2.45, 2.75) is 25.7 Å². The van der Waals surface area contributed by atoms with Crippen molar-refractivity contribution in [2.24, 2.45) is 0 Å². The van der Waals surface area contributed by atoms with Crippen LogP contribution in [-0.4, -0.2) is 16.0 Å². The number of aryl methyl sites for hydroxylation is 2. The number of phenols is 1. The summed E-state index contributed by atoms with van der Waals surface area (Å²) in [7, 11) is 0. The molecule has 1 heterocycles. The predicted molar refractivity (Wildman–Crippen MR) is 74.6 cm³/mol. The molecule has 1 amide bonds. The molecule has 2 N–H and O–H groups in total. The summed E-state index contributed by atoms with van der Waals surface area (Å²) in [4.78, 5) is 17.6. The molecule has 19 heavy (non-hydrogen) atoms. The number of carbonyl (C=O) groups is 1. The first-order valence-corrected chi connectivity index (χ1v) is 7.09. The standard InChI is InChI=1S/C14H14N2O2S/c17-10-4-1-3-9(7-10)8-13(18)16-14-15-11-5-2-6-12(11)19-14/h1,3-4,7,17H,2,5-6,8H2,(H,15,16,18). The molecular weight excluding hydrogens is 260 g/mol. The molecule has 98 valence electrons. The molecular formula is C14H14N2O2S. The van der Waals surface area contributed by atoms with Gasteiger partial charge < -0.3 is 10.4 Å². The summed E-state index contributed by atoms with van der Waals surface area (Å²) in [6.45, 7) is 0. The molecule has 0 atom stereocenters. The zero-order valence-electron chi connectivity index (χ0n) is 10.3. The highest BCUT2D eigenvalue weighted by Gasteiger charge is 2.17. The Kier molecular flexibility index (Phi) is 3.21. The molecule has 0 saturated carbocycles. The van der Waals surface area contributed by atoms with E-state index in [4.69, 9.17) is 0 Å². The third-order valence-electron chi connectivity index (χ3n) is 3.12. The number of aromatic nitrogens is 1. The fraction of sp³-hybridized carbons (Fsp3) is 0.286. The van der Waals surface area contributed by atoms with E-state index in [9.17, 15) is 9.90 Å². The van der Waals surface area contributed by atoms with Gasteiger partial charge in [-0.1, -0.05) is 12.1 Å². The monoisotopic (exact) mass is 274 g/mol. The molecule has 0 unspecified atom stereocenters. The molecule has 1 aromatic carbocycles. The van der Waals surface area contributed by atoms with E-state index in [0.717, 1.165) is 24.1 Å². The third-order valence-corrected chi connectivity index (χ3v) is 4.19. The molecule has 2 aromatic rings. The first-order valence-electron chi connectivity index (χ1n) is 6.27. The van der Waals surface area contributed by atoms with Crippen LogP contribution in [0.1, 0.15) is 22.6 Å². The Bertz CT molecular complexity index is 600. The number of rotatable bonds is 3. The van der Waals surface area contributed by atoms with Gasteiger partial charge in [-0.05, 0) is 37.0 Å². The summed E-state index contributed by atoms with van der Waals surface area (Å²) >= 11 is 1.57. The van der Waals surface area contributed by atoms with E-state index < -0.39 is 0 Å². The van der Waals surface area contributed by atoms with Crippen LogP contribution >= 0.6 is 11.3 Å². The topological polar surface area (TPSA) is 62.2 Å². The molecule has 3 rings (SSSR count). The highest BCUT2D eigenvalue weighted by Crippen LogP contribution is 2.30. The molecule has 1 aromatic heterocycles. The van der Waals surface area contributed by atoms with Crippen molar-refractivity contribution < 1.29 is 9.90 Å². The third kappa shape index (κ3) is 2.76. The summed E-state index contributed by atoms with van der Waals surface area (Å²) in [5, 5.41) is 12.9. The van der Waals surface area contributed by atoms with Crippen molar-refractivity contribution in [1.82, 2.24) is 4.98 Å². The molecule has 0 saturated heterocycles. The van der Waals surface area contributed by atoms with Gasteiger partial charge in [-0.2, -0.15) is 0 Å².